The van der Waals surface area contributed by atoms with Crippen molar-refractivity contribution in [2.24, 2.45) is 5.92 Å². The van der Waals surface area contributed by atoms with Crippen molar-refractivity contribution in [2.45, 2.75) is 17.7 Å². The molecule has 1 aliphatic heterocycles. The van der Waals surface area contributed by atoms with Crippen molar-refractivity contribution in [1.82, 2.24) is 13.1 Å². The predicted octanol–water partition coefficient (Wildman–Crippen LogP) is 2.73. The highest BCUT2D eigenvalue weighted by Gasteiger charge is 2.34. The molecule has 7 nitrogen and oxygen atoms in total. The molecule has 1 amide bonds. The molecule has 0 bridgehead atoms. The first kappa shape index (κ1) is 18.0. The molecule has 9 heteroatoms. The van der Waals surface area contributed by atoms with Crippen LogP contribution < -0.4 is 5.32 Å². The number of rotatable bonds is 4. The number of benzene rings is 2. The molecule has 1 atom stereocenters. The second kappa shape index (κ2) is 7.34. The number of hydrogen-bond donors (Lipinski definition) is 1. The highest BCUT2D eigenvalue weighted by molar-refractivity contribution is 7.89. The zero-order valence-electron chi connectivity index (χ0n) is 14.4. The van der Waals surface area contributed by atoms with Gasteiger partial charge in [0.2, 0.25) is 15.9 Å². The number of anilines is 1. The van der Waals surface area contributed by atoms with E-state index in [4.69, 9.17) is 0 Å². The van der Waals surface area contributed by atoms with Gasteiger partial charge in [0.05, 0.1) is 17.6 Å². The number of carbonyl (C=O) groups is 1. The third-order valence-corrected chi connectivity index (χ3v) is 7.10. The molecular formula is C18H18N4O3S2. The number of fused-ring (bicyclic) bond motifs is 1. The lowest BCUT2D eigenvalue weighted by molar-refractivity contribution is -0.120. The average molecular weight is 403 g/mol. The van der Waals surface area contributed by atoms with Crippen molar-refractivity contribution in [2.75, 3.05) is 18.4 Å². The van der Waals surface area contributed by atoms with Gasteiger partial charge in [-0.1, -0.05) is 24.3 Å². The van der Waals surface area contributed by atoms with Crippen molar-refractivity contribution >= 4 is 44.4 Å². The fraction of sp³-hybridized carbons (Fsp3) is 0.278. The number of nitrogens with zero attached hydrogens (tertiary/aromatic N) is 3. The van der Waals surface area contributed by atoms with Crippen LogP contribution >= 0.6 is 11.7 Å². The third kappa shape index (κ3) is 3.58. The van der Waals surface area contributed by atoms with E-state index in [9.17, 15) is 13.2 Å². The van der Waals surface area contributed by atoms with Crippen LogP contribution in [0.5, 0.6) is 0 Å². The molecule has 1 saturated heterocycles. The number of piperidine rings is 1. The molecule has 0 spiro atoms. The average Bonchev–Trinajstić information content (AvgIpc) is 3.17. The normalized spacial score (nSPS) is 18.4. The van der Waals surface area contributed by atoms with E-state index in [1.54, 1.807) is 18.2 Å². The van der Waals surface area contributed by atoms with Crippen LogP contribution in [-0.2, 0) is 14.8 Å². The minimum Gasteiger partial charge on any atom is -0.326 e. The van der Waals surface area contributed by atoms with Crippen LogP contribution in [0.3, 0.4) is 0 Å². The molecule has 2 aromatic carbocycles. The molecule has 1 aromatic heterocycles. The summed E-state index contributed by atoms with van der Waals surface area (Å²) in [5, 5.41) is 2.87. The lowest BCUT2D eigenvalue weighted by Crippen LogP contribution is -2.43. The van der Waals surface area contributed by atoms with E-state index in [0.717, 1.165) is 11.7 Å². The molecule has 0 saturated carbocycles. The minimum absolute atomic E-state index is 0.151. The van der Waals surface area contributed by atoms with Crippen LogP contribution in [0, 0.1) is 5.92 Å². The molecule has 1 N–H and O–H groups in total. The summed E-state index contributed by atoms with van der Waals surface area (Å²) in [5.74, 6) is -0.545. The first-order valence-corrected chi connectivity index (χ1v) is 10.8. The second-order valence-corrected chi connectivity index (χ2v) is 8.88. The van der Waals surface area contributed by atoms with Gasteiger partial charge in [-0.15, -0.1) is 0 Å². The molecule has 27 heavy (non-hydrogen) atoms. The minimum atomic E-state index is -3.74. The molecule has 1 fully saturated rings. The number of para-hydroxylation sites is 1. The SMILES string of the molecule is O=C(Nc1ccccc1)C1CCCN(S(=O)(=O)c2cccc3nsnc23)C1. The van der Waals surface area contributed by atoms with Crippen molar-refractivity contribution < 1.29 is 13.2 Å². The lowest BCUT2D eigenvalue weighted by atomic mass is 9.99. The summed E-state index contributed by atoms with van der Waals surface area (Å²) in [5.41, 5.74) is 1.66. The first-order chi connectivity index (χ1) is 13.1. The maximum absolute atomic E-state index is 13.2. The summed E-state index contributed by atoms with van der Waals surface area (Å²) in [7, 11) is -3.74. The molecule has 4 rings (SSSR count). The van der Waals surface area contributed by atoms with Crippen LogP contribution in [0.4, 0.5) is 5.69 Å². The molecule has 140 valence electrons. The Morgan fingerprint density at radius 3 is 2.74 bits per heavy atom. The Morgan fingerprint density at radius 2 is 1.93 bits per heavy atom. The Bertz CT molecular complexity index is 1070. The van der Waals surface area contributed by atoms with Crippen molar-refractivity contribution in [1.29, 1.82) is 0 Å². The Labute approximate surface area is 161 Å². The number of hydrogen-bond acceptors (Lipinski definition) is 6. The number of sulfonamides is 1. The van der Waals surface area contributed by atoms with Crippen LogP contribution in [0.1, 0.15) is 12.8 Å². The molecule has 1 unspecified atom stereocenters. The van der Waals surface area contributed by atoms with Gasteiger partial charge in [0.25, 0.3) is 0 Å². The largest absolute Gasteiger partial charge is 0.326 e. The smallest absolute Gasteiger partial charge is 0.245 e. The van der Waals surface area contributed by atoms with E-state index in [-0.39, 0.29) is 23.3 Å². The third-order valence-electron chi connectivity index (χ3n) is 4.66. The Kier molecular flexibility index (Phi) is 4.90. The number of amides is 1. The summed E-state index contributed by atoms with van der Waals surface area (Å²) >= 11 is 0.989. The fourth-order valence-corrected chi connectivity index (χ4v) is 5.55. The number of nitrogens with one attached hydrogen (secondary N) is 1. The molecule has 1 aliphatic rings. The summed E-state index contributed by atoms with van der Waals surface area (Å²) in [6, 6.07) is 14.1. The number of carbonyl (C=O) groups excluding carboxylic acids is 1. The molecular weight excluding hydrogens is 384 g/mol. The van der Waals surface area contributed by atoms with Gasteiger partial charge in [0.15, 0.2) is 0 Å². The maximum Gasteiger partial charge on any atom is 0.245 e. The van der Waals surface area contributed by atoms with Crippen LogP contribution in [0.2, 0.25) is 0 Å². The van der Waals surface area contributed by atoms with Crippen LogP contribution in [-0.4, -0.2) is 40.5 Å². The number of aromatic nitrogens is 2. The van der Waals surface area contributed by atoms with Gasteiger partial charge in [0.1, 0.15) is 15.9 Å². The van der Waals surface area contributed by atoms with E-state index in [1.807, 2.05) is 30.3 Å². The van der Waals surface area contributed by atoms with Gasteiger partial charge in [0, 0.05) is 18.8 Å². The highest BCUT2D eigenvalue weighted by Crippen LogP contribution is 2.28. The summed E-state index contributed by atoms with van der Waals surface area (Å²) in [6.07, 6.45) is 1.30. The highest BCUT2D eigenvalue weighted by atomic mass is 32.2. The summed E-state index contributed by atoms with van der Waals surface area (Å²) < 4.78 is 35.9. The predicted molar refractivity (Wildman–Crippen MR) is 104 cm³/mol. The second-order valence-electron chi connectivity index (χ2n) is 6.45. The van der Waals surface area contributed by atoms with Crippen molar-refractivity contribution in [3.8, 4) is 0 Å². The molecule has 2 heterocycles. The van der Waals surface area contributed by atoms with Gasteiger partial charge in [-0.25, -0.2) is 8.42 Å². The van der Waals surface area contributed by atoms with Gasteiger partial charge in [-0.3, -0.25) is 4.79 Å². The van der Waals surface area contributed by atoms with E-state index in [2.05, 4.69) is 14.1 Å². The monoisotopic (exact) mass is 402 g/mol. The van der Waals surface area contributed by atoms with E-state index in [0.29, 0.717) is 36.1 Å². The topological polar surface area (TPSA) is 92.3 Å². The quantitative estimate of drug-likeness (QED) is 0.724. The standard InChI is InChI=1S/C18H18N4O3S2/c23-18(19-14-7-2-1-3-8-14)13-6-5-11-22(12-13)27(24,25)16-10-4-9-15-17(16)21-26-20-15/h1-4,7-10,13H,5-6,11-12H2,(H,19,23). The molecule has 3 aromatic rings. The summed E-state index contributed by atoms with van der Waals surface area (Å²) in [4.78, 5) is 12.7. The molecule has 0 aliphatic carbocycles. The van der Waals surface area contributed by atoms with Crippen LogP contribution in [0.25, 0.3) is 11.0 Å². The van der Waals surface area contributed by atoms with Crippen molar-refractivity contribution in [3.05, 3.63) is 48.5 Å². The van der Waals surface area contributed by atoms with Gasteiger partial charge in [-0.2, -0.15) is 13.1 Å². The van der Waals surface area contributed by atoms with E-state index in [1.165, 1.54) is 4.31 Å². The zero-order chi connectivity index (χ0) is 18.9. The fourth-order valence-electron chi connectivity index (χ4n) is 3.27. The molecule has 0 radical (unpaired) electrons. The van der Waals surface area contributed by atoms with Crippen LogP contribution in [0.15, 0.2) is 53.4 Å². The Hall–Kier alpha value is -2.36. The van der Waals surface area contributed by atoms with Gasteiger partial charge in [-0.05, 0) is 37.1 Å². The lowest BCUT2D eigenvalue weighted by Gasteiger charge is -2.31. The van der Waals surface area contributed by atoms with Crippen molar-refractivity contribution in [3.63, 3.8) is 0 Å². The van der Waals surface area contributed by atoms with E-state index < -0.39 is 10.0 Å². The summed E-state index contributed by atoms with van der Waals surface area (Å²) in [6.45, 7) is 0.556. The van der Waals surface area contributed by atoms with Gasteiger partial charge < -0.3 is 5.32 Å². The first-order valence-electron chi connectivity index (χ1n) is 8.63. The zero-order valence-corrected chi connectivity index (χ0v) is 16.0. The van der Waals surface area contributed by atoms with Gasteiger partial charge >= 0.3 is 0 Å². The Morgan fingerprint density at radius 1 is 1.11 bits per heavy atom. The maximum atomic E-state index is 13.2. The van der Waals surface area contributed by atoms with E-state index >= 15 is 0 Å². The Balaban J connectivity index is 1.55.